The van der Waals surface area contributed by atoms with Crippen LogP contribution in [0.1, 0.15) is 38.8 Å². The van der Waals surface area contributed by atoms with Crippen LogP contribution >= 0.6 is 0 Å². The van der Waals surface area contributed by atoms with Gasteiger partial charge in [-0.25, -0.2) is 0 Å². The highest BCUT2D eigenvalue weighted by atomic mass is 15.2. The smallest absolute Gasteiger partial charge is 0.0366 e. The first-order valence-corrected chi connectivity index (χ1v) is 6.72. The summed E-state index contributed by atoms with van der Waals surface area (Å²) in [6, 6.07) is 8.97. The first kappa shape index (κ1) is 12.4. The minimum atomic E-state index is 0.181. The van der Waals surface area contributed by atoms with E-state index in [2.05, 4.69) is 49.9 Å². The maximum Gasteiger partial charge on any atom is 0.0366 e. The van der Waals surface area contributed by atoms with Crippen LogP contribution in [0.25, 0.3) is 0 Å². The molecule has 0 radical (unpaired) electrons. The van der Waals surface area contributed by atoms with Gasteiger partial charge in [0.15, 0.2) is 0 Å². The highest BCUT2D eigenvalue weighted by Gasteiger charge is 2.25. The Kier molecular flexibility index (Phi) is 3.72. The van der Waals surface area contributed by atoms with Crippen LogP contribution in [0.3, 0.4) is 0 Å². The van der Waals surface area contributed by atoms with Crippen molar-refractivity contribution in [3.05, 3.63) is 29.8 Å². The van der Waals surface area contributed by atoms with E-state index in [1.165, 1.54) is 24.3 Å². The Labute approximate surface area is 105 Å². The largest absolute Gasteiger partial charge is 0.371 e. The lowest BCUT2D eigenvalue weighted by molar-refractivity contribution is 0.494. The molecule has 2 nitrogen and oxygen atoms in total. The molecule has 0 saturated carbocycles. The Hall–Kier alpha value is -1.02. The Morgan fingerprint density at radius 3 is 2.18 bits per heavy atom. The van der Waals surface area contributed by atoms with Crippen molar-refractivity contribution in [2.75, 3.05) is 18.0 Å². The third-order valence-corrected chi connectivity index (χ3v) is 4.11. The lowest BCUT2D eigenvalue weighted by Crippen LogP contribution is -2.19. The molecule has 2 rings (SSSR count). The van der Waals surface area contributed by atoms with Crippen molar-refractivity contribution in [2.24, 2.45) is 17.6 Å². The monoisotopic (exact) mass is 232 g/mol. The molecule has 0 aromatic heterocycles. The van der Waals surface area contributed by atoms with E-state index in [0.717, 1.165) is 18.3 Å². The van der Waals surface area contributed by atoms with Gasteiger partial charge in [-0.2, -0.15) is 0 Å². The van der Waals surface area contributed by atoms with Gasteiger partial charge in [-0.05, 0) is 36.0 Å². The van der Waals surface area contributed by atoms with Crippen LogP contribution in [-0.4, -0.2) is 13.1 Å². The Morgan fingerprint density at radius 1 is 1.18 bits per heavy atom. The van der Waals surface area contributed by atoms with Gasteiger partial charge in [-0.3, -0.25) is 0 Å². The SMILES string of the molecule is CC[C@@H](N)c1ccc(N2CC(C)C(C)C2)cc1. The molecule has 94 valence electrons. The first-order chi connectivity index (χ1) is 8.11. The van der Waals surface area contributed by atoms with Crippen LogP contribution in [-0.2, 0) is 0 Å². The van der Waals surface area contributed by atoms with Gasteiger partial charge in [0.25, 0.3) is 0 Å². The number of nitrogens with two attached hydrogens (primary N) is 1. The molecule has 0 spiro atoms. The molecule has 2 unspecified atom stereocenters. The van der Waals surface area contributed by atoms with Crippen molar-refractivity contribution in [3.63, 3.8) is 0 Å². The van der Waals surface area contributed by atoms with E-state index in [4.69, 9.17) is 5.73 Å². The first-order valence-electron chi connectivity index (χ1n) is 6.72. The Bertz CT molecular complexity index is 348. The molecule has 1 fully saturated rings. The molecular formula is C15H24N2. The summed E-state index contributed by atoms with van der Waals surface area (Å²) in [5.74, 6) is 1.60. The van der Waals surface area contributed by atoms with Gasteiger partial charge in [0.05, 0.1) is 0 Å². The predicted octanol–water partition coefficient (Wildman–Crippen LogP) is 3.19. The van der Waals surface area contributed by atoms with Gasteiger partial charge in [0.2, 0.25) is 0 Å². The highest BCUT2D eigenvalue weighted by Crippen LogP contribution is 2.28. The van der Waals surface area contributed by atoms with E-state index in [0.29, 0.717) is 0 Å². The number of rotatable bonds is 3. The minimum absolute atomic E-state index is 0.181. The zero-order chi connectivity index (χ0) is 12.4. The molecule has 1 aromatic rings. The van der Waals surface area contributed by atoms with Crippen LogP contribution in [0.5, 0.6) is 0 Å². The Balaban J connectivity index is 2.08. The van der Waals surface area contributed by atoms with Crippen molar-refractivity contribution in [1.82, 2.24) is 0 Å². The van der Waals surface area contributed by atoms with Crippen LogP contribution in [0.15, 0.2) is 24.3 Å². The number of anilines is 1. The van der Waals surface area contributed by atoms with Crippen molar-refractivity contribution < 1.29 is 0 Å². The quantitative estimate of drug-likeness (QED) is 0.867. The van der Waals surface area contributed by atoms with Crippen LogP contribution in [0.2, 0.25) is 0 Å². The normalized spacial score (nSPS) is 26.2. The molecule has 1 heterocycles. The zero-order valence-corrected chi connectivity index (χ0v) is 11.2. The van der Waals surface area contributed by atoms with Crippen molar-refractivity contribution in [3.8, 4) is 0 Å². The Morgan fingerprint density at radius 2 is 1.71 bits per heavy atom. The second kappa shape index (κ2) is 5.09. The summed E-state index contributed by atoms with van der Waals surface area (Å²) in [7, 11) is 0. The lowest BCUT2D eigenvalue weighted by atomic mass is 10.0. The average molecular weight is 232 g/mol. The van der Waals surface area contributed by atoms with Gasteiger partial charge in [-0.1, -0.05) is 32.9 Å². The van der Waals surface area contributed by atoms with E-state index in [1.54, 1.807) is 0 Å². The molecule has 0 bridgehead atoms. The number of hydrogen-bond donors (Lipinski definition) is 1. The number of benzene rings is 1. The fraction of sp³-hybridized carbons (Fsp3) is 0.600. The summed E-state index contributed by atoms with van der Waals surface area (Å²) in [6.45, 7) is 9.17. The summed E-state index contributed by atoms with van der Waals surface area (Å²) < 4.78 is 0. The molecule has 0 aliphatic carbocycles. The van der Waals surface area contributed by atoms with E-state index in [1.807, 2.05) is 0 Å². The van der Waals surface area contributed by atoms with Gasteiger partial charge in [-0.15, -0.1) is 0 Å². The van der Waals surface area contributed by atoms with Crippen molar-refractivity contribution >= 4 is 5.69 Å². The van der Waals surface area contributed by atoms with E-state index in [9.17, 15) is 0 Å². The molecule has 1 aliphatic heterocycles. The molecule has 1 saturated heterocycles. The second-order valence-electron chi connectivity index (χ2n) is 5.47. The topological polar surface area (TPSA) is 29.3 Å². The fourth-order valence-corrected chi connectivity index (χ4v) is 2.51. The summed E-state index contributed by atoms with van der Waals surface area (Å²) in [5.41, 5.74) is 8.62. The summed E-state index contributed by atoms with van der Waals surface area (Å²) in [6.07, 6.45) is 0.997. The van der Waals surface area contributed by atoms with Crippen LogP contribution < -0.4 is 10.6 Å². The number of nitrogens with zero attached hydrogens (tertiary/aromatic N) is 1. The molecular weight excluding hydrogens is 208 g/mol. The molecule has 2 heteroatoms. The fourth-order valence-electron chi connectivity index (χ4n) is 2.51. The summed E-state index contributed by atoms with van der Waals surface area (Å²) in [5, 5.41) is 0. The van der Waals surface area contributed by atoms with Gasteiger partial charge in [0.1, 0.15) is 0 Å². The standard InChI is InChI=1S/C15H24N2/c1-4-15(16)13-5-7-14(8-6-13)17-9-11(2)12(3)10-17/h5-8,11-12,15H,4,9-10,16H2,1-3H3/t11?,12?,15-/m1/s1. The van der Waals surface area contributed by atoms with Gasteiger partial charge < -0.3 is 10.6 Å². The predicted molar refractivity (Wildman–Crippen MR) is 74.2 cm³/mol. The van der Waals surface area contributed by atoms with Crippen LogP contribution in [0, 0.1) is 11.8 Å². The van der Waals surface area contributed by atoms with Gasteiger partial charge >= 0.3 is 0 Å². The highest BCUT2D eigenvalue weighted by molar-refractivity contribution is 5.49. The van der Waals surface area contributed by atoms with E-state index in [-0.39, 0.29) is 6.04 Å². The molecule has 1 aliphatic rings. The molecule has 2 N–H and O–H groups in total. The zero-order valence-electron chi connectivity index (χ0n) is 11.2. The molecule has 3 atom stereocenters. The third kappa shape index (κ3) is 2.63. The number of hydrogen-bond acceptors (Lipinski definition) is 2. The van der Waals surface area contributed by atoms with Crippen LogP contribution in [0.4, 0.5) is 5.69 Å². The molecule has 0 amide bonds. The molecule has 1 aromatic carbocycles. The van der Waals surface area contributed by atoms with E-state index < -0.39 is 0 Å². The third-order valence-electron chi connectivity index (χ3n) is 4.11. The summed E-state index contributed by atoms with van der Waals surface area (Å²) in [4.78, 5) is 2.48. The molecule has 17 heavy (non-hydrogen) atoms. The summed E-state index contributed by atoms with van der Waals surface area (Å²) >= 11 is 0. The minimum Gasteiger partial charge on any atom is -0.371 e. The lowest BCUT2D eigenvalue weighted by Gasteiger charge is -2.19. The maximum atomic E-state index is 6.03. The second-order valence-corrected chi connectivity index (χ2v) is 5.47. The van der Waals surface area contributed by atoms with Gasteiger partial charge in [0, 0.05) is 24.8 Å². The maximum absolute atomic E-state index is 6.03. The van der Waals surface area contributed by atoms with Crippen molar-refractivity contribution in [1.29, 1.82) is 0 Å². The van der Waals surface area contributed by atoms with E-state index >= 15 is 0 Å². The van der Waals surface area contributed by atoms with Crippen molar-refractivity contribution in [2.45, 2.75) is 33.2 Å². The average Bonchev–Trinajstić information content (AvgIpc) is 2.69.